The van der Waals surface area contributed by atoms with Crippen molar-refractivity contribution in [3.8, 4) is 0 Å². The van der Waals surface area contributed by atoms with E-state index in [1.54, 1.807) is 0 Å². The van der Waals surface area contributed by atoms with Gasteiger partial charge in [-0.15, -0.1) is 0 Å². The average molecular weight is 158 g/mol. The lowest BCUT2D eigenvalue weighted by atomic mass is 9.79. The van der Waals surface area contributed by atoms with E-state index in [0.29, 0.717) is 6.42 Å². The van der Waals surface area contributed by atoms with Gasteiger partial charge in [0, 0.05) is 0 Å². The molecule has 0 unspecified atom stereocenters. The van der Waals surface area contributed by atoms with Crippen LogP contribution in [0.4, 0.5) is 0 Å². The van der Waals surface area contributed by atoms with Gasteiger partial charge in [0.25, 0.3) is 0 Å². The van der Waals surface area contributed by atoms with E-state index in [1.165, 1.54) is 0 Å². The number of rotatable bonds is 1. The van der Waals surface area contributed by atoms with E-state index >= 15 is 0 Å². The molecule has 1 rings (SSSR count). The lowest BCUT2D eigenvalue weighted by molar-refractivity contribution is -0.146. The fraction of sp³-hybridized carbons (Fsp3) is 0.875. The summed E-state index contributed by atoms with van der Waals surface area (Å²) < 4.78 is 0. The Bertz CT molecular complexity index is 155. The van der Waals surface area contributed by atoms with Gasteiger partial charge < -0.3 is 10.2 Å². The van der Waals surface area contributed by atoms with Crippen LogP contribution in [0.3, 0.4) is 0 Å². The molecule has 0 aromatic rings. The van der Waals surface area contributed by atoms with Gasteiger partial charge in [-0.3, -0.25) is 4.79 Å². The molecule has 3 nitrogen and oxygen atoms in total. The second-order valence-corrected chi connectivity index (χ2v) is 3.39. The van der Waals surface area contributed by atoms with Crippen LogP contribution in [-0.4, -0.2) is 22.3 Å². The maximum Gasteiger partial charge on any atom is 0.306 e. The van der Waals surface area contributed by atoms with Crippen LogP contribution in [0.25, 0.3) is 0 Å². The van der Waals surface area contributed by atoms with Crippen LogP contribution in [-0.2, 0) is 4.79 Å². The fourth-order valence-electron chi connectivity index (χ4n) is 1.64. The van der Waals surface area contributed by atoms with Crippen LogP contribution in [0.5, 0.6) is 0 Å². The maximum absolute atomic E-state index is 10.6. The Labute approximate surface area is 66.0 Å². The molecule has 64 valence electrons. The molecule has 0 heterocycles. The van der Waals surface area contributed by atoms with Crippen molar-refractivity contribution < 1.29 is 15.0 Å². The molecule has 0 aromatic heterocycles. The Morgan fingerprint density at radius 3 is 2.55 bits per heavy atom. The molecule has 3 heteroatoms. The topological polar surface area (TPSA) is 57.5 Å². The Kier molecular flexibility index (Phi) is 2.49. The maximum atomic E-state index is 10.6. The lowest BCUT2D eigenvalue weighted by Crippen LogP contribution is -2.31. The molecule has 1 saturated carbocycles. The van der Waals surface area contributed by atoms with E-state index in [2.05, 4.69) is 0 Å². The van der Waals surface area contributed by atoms with Crippen molar-refractivity contribution in [3.63, 3.8) is 0 Å². The molecule has 2 N–H and O–H groups in total. The first-order valence-electron chi connectivity index (χ1n) is 4.02. The number of carboxylic acids is 1. The van der Waals surface area contributed by atoms with Gasteiger partial charge in [0.15, 0.2) is 0 Å². The number of hydrogen-bond acceptors (Lipinski definition) is 2. The highest BCUT2D eigenvalue weighted by molar-refractivity contribution is 5.70. The minimum atomic E-state index is -0.767. The highest BCUT2D eigenvalue weighted by atomic mass is 16.4. The van der Waals surface area contributed by atoms with Crippen LogP contribution < -0.4 is 0 Å². The third-order valence-corrected chi connectivity index (χ3v) is 2.49. The van der Waals surface area contributed by atoms with Crippen molar-refractivity contribution in [1.82, 2.24) is 0 Å². The predicted octanol–water partition coefficient (Wildman–Crippen LogP) is 0.868. The Morgan fingerprint density at radius 2 is 2.09 bits per heavy atom. The van der Waals surface area contributed by atoms with Gasteiger partial charge in [0.1, 0.15) is 0 Å². The second-order valence-electron chi connectivity index (χ2n) is 3.39. The molecule has 0 radical (unpaired) electrons. The van der Waals surface area contributed by atoms with Crippen LogP contribution in [0.1, 0.15) is 26.2 Å². The van der Waals surface area contributed by atoms with E-state index in [4.69, 9.17) is 5.11 Å². The third-order valence-electron chi connectivity index (χ3n) is 2.49. The van der Waals surface area contributed by atoms with Crippen molar-refractivity contribution in [2.75, 3.05) is 0 Å². The largest absolute Gasteiger partial charge is 0.481 e. The summed E-state index contributed by atoms with van der Waals surface area (Å²) in [4.78, 5) is 10.6. The first-order valence-corrected chi connectivity index (χ1v) is 4.02. The Morgan fingerprint density at radius 1 is 1.45 bits per heavy atom. The van der Waals surface area contributed by atoms with Gasteiger partial charge in [0.05, 0.1) is 12.0 Å². The first-order chi connectivity index (χ1) is 5.11. The summed E-state index contributed by atoms with van der Waals surface area (Å²) in [5, 5.41) is 17.9. The molecular formula is C8H14O3. The molecular weight excluding hydrogens is 144 g/mol. The minimum Gasteiger partial charge on any atom is -0.481 e. The molecule has 1 fully saturated rings. The van der Waals surface area contributed by atoms with Gasteiger partial charge in [0.2, 0.25) is 0 Å². The predicted molar refractivity (Wildman–Crippen MR) is 40.1 cm³/mol. The molecule has 0 aliphatic heterocycles. The van der Waals surface area contributed by atoms with Crippen molar-refractivity contribution in [2.24, 2.45) is 11.8 Å². The molecule has 1 aliphatic rings. The molecule has 0 amide bonds. The fourth-order valence-corrected chi connectivity index (χ4v) is 1.64. The first kappa shape index (κ1) is 8.53. The monoisotopic (exact) mass is 158 g/mol. The van der Waals surface area contributed by atoms with Crippen molar-refractivity contribution >= 4 is 5.97 Å². The van der Waals surface area contributed by atoms with Gasteiger partial charge in [-0.1, -0.05) is 6.92 Å². The summed E-state index contributed by atoms with van der Waals surface area (Å²) in [5.74, 6) is -0.883. The molecule has 11 heavy (non-hydrogen) atoms. The van der Waals surface area contributed by atoms with Crippen LogP contribution in [0.15, 0.2) is 0 Å². The lowest BCUT2D eigenvalue weighted by Gasteiger charge is -2.28. The average Bonchev–Trinajstić information content (AvgIpc) is 1.94. The Balaban J connectivity index is 2.54. The van der Waals surface area contributed by atoms with E-state index in [9.17, 15) is 9.90 Å². The van der Waals surface area contributed by atoms with Gasteiger partial charge in [-0.2, -0.15) is 0 Å². The van der Waals surface area contributed by atoms with Crippen LogP contribution >= 0.6 is 0 Å². The summed E-state index contributed by atoms with van der Waals surface area (Å²) in [7, 11) is 0. The van der Waals surface area contributed by atoms with E-state index in [0.717, 1.165) is 12.8 Å². The molecule has 3 atom stereocenters. The highest BCUT2D eigenvalue weighted by Crippen LogP contribution is 2.29. The summed E-state index contributed by atoms with van der Waals surface area (Å²) in [6, 6.07) is 0. The zero-order valence-electron chi connectivity index (χ0n) is 6.66. The SMILES string of the molecule is C[C@H]1CC[C@@H](O)C[C@@H]1C(=O)O. The second kappa shape index (κ2) is 3.22. The van der Waals surface area contributed by atoms with Crippen LogP contribution in [0.2, 0.25) is 0 Å². The number of hydrogen-bond donors (Lipinski definition) is 2. The smallest absolute Gasteiger partial charge is 0.306 e. The van der Waals surface area contributed by atoms with Crippen molar-refractivity contribution in [1.29, 1.82) is 0 Å². The quantitative estimate of drug-likeness (QED) is 0.595. The highest BCUT2D eigenvalue weighted by Gasteiger charge is 2.31. The van der Waals surface area contributed by atoms with Gasteiger partial charge >= 0.3 is 5.97 Å². The third kappa shape index (κ3) is 1.93. The number of carboxylic acid groups (broad SMARTS) is 1. The van der Waals surface area contributed by atoms with E-state index in [1.807, 2.05) is 6.92 Å². The standard InChI is InChI=1S/C8H14O3/c1-5-2-3-6(9)4-7(5)8(10)11/h5-7,9H,2-4H2,1H3,(H,10,11)/t5-,6+,7-/m0/s1. The Hall–Kier alpha value is -0.570. The zero-order valence-corrected chi connectivity index (χ0v) is 6.66. The van der Waals surface area contributed by atoms with Crippen LogP contribution in [0, 0.1) is 11.8 Å². The minimum absolute atomic E-state index is 0.218. The molecule has 1 aliphatic carbocycles. The molecule has 0 bridgehead atoms. The summed E-state index contributed by atoms with van der Waals surface area (Å²) in [5.41, 5.74) is 0. The van der Waals surface area contributed by atoms with Crippen molar-refractivity contribution in [3.05, 3.63) is 0 Å². The summed E-state index contributed by atoms with van der Waals surface area (Å²) in [6.45, 7) is 1.94. The van der Waals surface area contributed by atoms with E-state index in [-0.39, 0.29) is 11.8 Å². The number of aliphatic carboxylic acids is 1. The van der Waals surface area contributed by atoms with E-state index < -0.39 is 12.1 Å². The summed E-state index contributed by atoms with van der Waals surface area (Å²) in [6.07, 6.45) is 1.62. The molecule has 0 spiro atoms. The number of aliphatic hydroxyl groups excluding tert-OH is 1. The number of aliphatic hydroxyl groups is 1. The van der Waals surface area contributed by atoms with Gasteiger partial charge in [-0.25, -0.2) is 0 Å². The molecule has 0 saturated heterocycles. The zero-order chi connectivity index (χ0) is 8.43. The van der Waals surface area contributed by atoms with Crippen molar-refractivity contribution in [2.45, 2.75) is 32.3 Å². The normalized spacial score (nSPS) is 38.5. The summed E-state index contributed by atoms with van der Waals surface area (Å²) >= 11 is 0. The number of carbonyl (C=O) groups is 1. The van der Waals surface area contributed by atoms with Gasteiger partial charge in [-0.05, 0) is 25.2 Å². The molecule has 0 aromatic carbocycles.